The molecule has 0 saturated heterocycles. The molecule has 0 aromatic carbocycles. The molecule has 0 aliphatic heterocycles. The normalized spacial score (nSPS) is 13.6. The van der Waals surface area contributed by atoms with Crippen LogP contribution < -0.4 is 4.72 Å². The van der Waals surface area contributed by atoms with Gasteiger partial charge >= 0.3 is 11.9 Å². The summed E-state index contributed by atoms with van der Waals surface area (Å²) in [6.45, 7) is 9.99. The van der Waals surface area contributed by atoms with E-state index in [1.54, 1.807) is 6.92 Å². The highest BCUT2D eigenvalue weighted by Crippen LogP contribution is 2.13. The Balaban J connectivity index is 4.42. The molecular weight excluding hydrogens is 438 g/mol. The number of ether oxygens (including phenoxy) is 1. The first-order valence-electron chi connectivity index (χ1n) is 10.4. The summed E-state index contributed by atoms with van der Waals surface area (Å²) >= 11 is 1.32. The SMILES string of the molecule is CCOC(=O)CS(=O)(=O)N[C@@H](CSCC=C(C)CCC=C(C)CCC=C(C)C)C(=O)O. The molecule has 0 bridgehead atoms. The lowest BCUT2D eigenvalue weighted by atomic mass is 10.1. The molecule has 0 spiro atoms. The number of carbonyl (C=O) groups excluding carboxylic acids is 1. The van der Waals surface area contributed by atoms with Gasteiger partial charge in [-0.2, -0.15) is 16.5 Å². The van der Waals surface area contributed by atoms with E-state index in [0.717, 1.165) is 25.7 Å². The molecule has 0 aromatic heterocycles. The van der Waals surface area contributed by atoms with Crippen molar-refractivity contribution >= 4 is 33.7 Å². The Morgan fingerprint density at radius 2 is 1.61 bits per heavy atom. The van der Waals surface area contributed by atoms with Gasteiger partial charge in [0.25, 0.3) is 0 Å². The van der Waals surface area contributed by atoms with E-state index < -0.39 is 33.8 Å². The number of hydrogen-bond donors (Lipinski definition) is 2. The molecule has 7 nitrogen and oxygen atoms in total. The van der Waals surface area contributed by atoms with Crippen LogP contribution in [-0.2, 0) is 24.3 Å². The van der Waals surface area contributed by atoms with E-state index in [4.69, 9.17) is 0 Å². The zero-order valence-corrected chi connectivity index (χ0v) is 20.9. The Labute approximate surface area is 191 Å². The lowest BCUT2D eigenvalue weighted by Gasteiger charge is -2.14. The van der Waals surface area contributed by atoms with Crippen molar-refractivity contribution in [1.29, 1.82) is 0 Å². The van der Waals surface area contributed by atoms with Crippen molar-refractivity contribution in [2.75, 3.05) is 23.9 Å². The first-order valence-corrected chi connectivity index (χ1v) is 13.2. The molecule has 0 aromatic rings. The number of carboxylic acids is 1. The molecule has 0 amide bonds. The molecule has 0 radical (unpaired) electrons. The highest BCUT2D eigenvalue weighted by Gasteiger charge is 2.26. The summed E-state index contributed by atoms with van der Waals surface area (Å²) in [5.41, 5.74) is 3.91. The van der Waals surface area contributed by atoms with Gasteiger partial charge in [-0.05, 0) is 60.3 Å². The van der Waals surface area contributed by atoms with Crippen molar-refractivity contribution < 1.29 is 27.9 Å². The molecule has 2 N–H and O–H groups in total. The van der Waals surface area contributed by atoms with Crippen LogP contribution in [0.1, 0.15) is 60.3 Å². The summed E-state index contributed by atoms with van der Waals surface area (Å²) in [7, 11) is -4.08. The van der Waals surface area contributed by atoms with Crippen molar-refractivity contribution in [3.63, 3.8) is 0 Å². The summed E-state index contributed by atoms with van der Waals surface area (Å²) in [5, 5.41) is 9.26. The number of sulfonamides is 1. The Kier molecular flexibility index (Phi) is 15.3. The average molecular weight is 476 g/mol. The molecule has 0 heterocycles. The molecule has 0 rings (SSSR count). The van der Waals surface area contributed by atoms with E-state index in [1.165, 1.54) is 28.5 Å². The second kappa shape index (κ2) is 16.1. The van der Waals surface area contributed by atoms with Gasteiger partial charge in [-0.1, -0.05) is 34.9 Å². The van der Waals surface area contributed by atoms with E-state index >= 15 is 0 Å². The first kappa shape index (κ1) is 29.4. The van der Waals surface area contributed by atoms with Crippen LogP contribution in [0.4, 0.5) is 0 Å². The maximum Gasteiger partial charge on any atom is 0.322 e. The van der Waals surface area contributed by atoms with Crippen LogP contribution in [0.15, 0.2) is 34.9 Å². The number of thioether (sulfide) groups is 1. The predicted molar refractivity (Wildman–Crippen MR) is 128 cm³/mol. The largest absolute Gasteiger partial charge is 0.480 e. The standard InChI is InChI=1S/C22H37NO6S2/c1-6-29-21(24)16-31(27,28)23-20(22(25)26)15-30-14-13-19(5)12-8-11-18(4)10-7-9-17(2)3/h9,11,13,20,23H,6-8,10,12,14-16H2,1-5H3,(H,25,26)/t20-/m0/s1. The van der Waals surface area contributed by atoms with Crippen LogP contribution in [0.2, 0.25) is 0 Å². The summed E-state index contributed by atoms with van der Waals surface area (Å²) in [5.74, 6) is -2.44. The van der Waals surface area contributed by atoms with Crippen LogP contribution in [0, 0.1) is 0 Å². The van der Waals surface area contributed by atoms with E-state index in [0.29, 0.717) is 5.75 Å². The summed E-state index contributed by atoms with van der Waals surface area (Å²) < 4.78 is 30.5. The number of allylic oxidation sites excluding steroid dienone is 5. The van der Waals surface area contributed by atoms with Crippen molar-refractivity contribution in [2.24, 2.45) is 0 Å². The van der Waals surface area contributed by atoms with Gasteiger partial charge in [0.1, 0.15) is 6.04 Å². The Morgan fingerprint density at radius 1 is 1.03 bits per heavy atom. The monoisotopic (exact) mass is 475 g/mol. The fraction of sp³-hybridized carbons (Fsp3) is 0.636. The number of hydrogen-bond acceptors (Lipinski definition) is 6. The topological polar surface area (TPSA) is 110 Å². The van der Waals surface area contributed by atoms with Crippen LogP contribution in [-0.4, -0.2) is 55.4 Å². The molecule has 9 heteroatoms. The van der Waals surface area contributed by atoms with Gasteiger partial charge < -0.3 is 9.84 Å². The Hall–Kier alpha value is -1.58. The molecular formula is C22H37NO6S2. The molecule has 178 valence electrons. The molecule has 0 fully saturated rings. The number of aliphatic carboxylic acids is 1. The highest BCUT2D eigenvalue weighted by atomic mass is 32.2. The highest BCUT2D eigenvalue weighted by molar-refractivity contribution is 7.99. The van der Waals surface area contributed by atoms with Crippen molar-refractivity contribution in [3.8, 4) is 0 Å². The third-order valence-electron chi connectivity index (χ3n) is 4.19. The Bertz CT molecular complexity index is 765. The minimum atomic E-state index is -4.08. The van der Waals surface area contributed by atoms with Crippen LogP contribution in [0.25, 0.3) is 0 Å². The van der Waals surface area contributed by atoms with Gasteiger partial charge in [0.05, 0.1) is 6.61 Å². The molecule has 0 aliphatic carbocycles. The molecule has 1 atom stereocenters. The van der Waals surface area contributed by atoms with Gasteiger partial charge in [-0.25, -0.2) is 8.42 Å². The van der Waals surface area contributed by atoms with Crippen molar-refractivity contribution in [1.82, 2.24) is 4.72 Å². The van der Waals surface area contributed by atoms with Gasteiger partial charge in [0.15, 0.2) is 5.75 Å². The predicted octanol–water partition coefficient (Wildman–Crippen LogP) is 4.07. The molecule has 0 aliphatic rings. The summed E-state index contributed by atoms with van der Waals surface area (Å²) in [6, 6.07) is -1.30. The van der Waals surface area contributed by atoms with E-state index in [2.05, 4.69) is 42.4 Å². The number of esters is 1. The van der Waals surface area contributed by atoms with Crippen LogP contribution >= 0.6 is 11.8 Å². The minimum absolute atomic E-state index is 0.0590. The van der Waals surface area contributed by atoms with Gasteiger partial charge in [0.2, 0.25) is 10.0 Å². The lowest BCUT2D eigenvalue weighted by molar-refractivity contribution is -0.140. The fourth-order valence-corrected chi connectivity index (χ4v) is 4.70. The fourth-order valence-electron chi connectivity index (χ4n) is 2.50. The second-order valence-electron chi connectivity index (χ2n) is 7.57. The van der Waals surface area contributed by atoms with Crippen molar-refractivity contribution in [2.45, 2.75) is 66.3 Å². The minimum Gasteiger partial charge on any atom is -0.480 e. The zero-order valence-electron chi connectivity index (χ0n) is 19.3. The van der Waals surface area contributed by atoms with Crippen molar-refractivity contribution in [3.05, 3.63) is 34.9 Å². The number of carbonyl (C=O) groups is 2. The lowest BCUT2D eigenvalue weighted by Crippen LogP contribution is -2.44. The van der Waals surface area contributed by atoms with Gasteiger partial charge in [-0.3, -0.25) is 9.59 Å². The van der Waals surface area contributed by atoms with Crippen LogP contribution in [0.3, 0.4) is 0 Å². The third-order valence-corrected chi connectivity index (χ3v) is 6.42. The molecule has 31 heavy (non-hydrogen) atoms. The van der Waals surface area contributed by atoms with E-state index in [-0.39, 0.29) is 12.4 Å². The zero-order chi connectivity index (χ0) is 23.9. The van der Waals surface area contributed by atoms with Gasteiger partial charge in [-0.15, -0.1) is 0 Å². The molecule has 0 saturated carbocycles. The molecule has 0 unspecified atom stereocenters. The summed E-state index contributed by atoms with van der Waals surface area (Å²) in [6.07, 6.45) is 10.5. The number of nitrogens with one attached hydrogen (secondary N) is 1. The average Bonchev–Trinajstić information content (AvgIpc) is 2.63. The maximum absolute atomic E-state index is 11.9. The number of carboxylic acid groups (broad SMARTS) is 1. The quantitative estimate of drug-likeness (QED) is 0.197. The van der Waals surface area contributed by atoms with E-state index in [1.807, 2.05) is 13.0 Å². The maximum atomic E-state index is 11.9. The van der Waals surface area contributed by atoms with Gasteiger partial charge in [0, 0.05) is 11.5 Å². The Morgan fingerprint density at radius 3 is 2.16 bits per heavy atom. The third kappa shape index (κ3) is 16.7. The number of rotatable bonds is 16. The van der Waals surface area contributed by atoms with Crippen LogP contribution in [0.5, 0.6) is 0 Å². The summed E-state index contributed by atoms with van der Waals surface area (Å²) in [4.78, 5) is 22.7. The smallest absolute Gasteiger partial charge is 0.322 e. The van der Waals surface area contributed by atoms with E-state index in [9.17, 15) is 23.1 Å². The second-order valence-corrected chi connectivity index (χ2v) is 10.4. The first-order chi connectivity index (χ1) is 14.5.